The summed E-state index contributed by atoms with van der Waals surface area (Å²) in [5.41, 5.74) is 2.27. The number of hydrogen-bond donors (Lipinski definition) is 0. The van der Waals surface area contributed by atoms with Crippen molar-refractivity contribution in [1.82, 2.24) is 19.9 Å². The molecule has 0 spiro atoms. The van der Waals surface area contributed by atoms with E-state index in [0.29, 0.717) is 12.1 Å². The Morgan fingerprint density at radius 1 is 1.14 bits per heavy atom. The number of hydrogen-bond acceptors (Lipinski definition) is 6. The van der Waals surface area contributed by atoms with Crippen LogP contribution in [0.25, 0.3) is 0 Å². The Balaban J connectivity index is 1.45. The third-order valence-corrected chi connectivity index (χ3v) is 5.45. The SMILES string of the molecule is Cc1cc(N2CC3CC(C2)N3Cc2csc(C)n2)nc(C)n1. The van der Waals surface area contributed by atoms with Gasteiger partial charge in [0.05, 0.1) is 10.7 Å². The normalized spacial score (nSPS) is 24.4. The fourth-order valence-corrected chi connectivity index (χ4v) is 4.26. The molecule has 0 saturated carbocycles. The van der Waals surface area contributed by atoms with E-state index in [9.17, 15) is 0 Å². The zero-order chi connectivity index (χ0) is 15.3. The third-order valence-electron chi connectivity index (χ3n) is 4.63. The first-order valence-corrected chi connectivity index (χ1v) is 8.70. The average Bonchev–Trinajstić information content (AvgIpc) is 2.89. The maximum atomic E-state index is 4.61. The molecule has 5 heterocycles. The molecule has 3 aliphatic heterocycles. The number of piperazine rings is 1. The van der Waals surface area contributed by atoms with Gasteiger partial charge in [0.2, 0.25) is 0 Å². The first-order chi connectivity index (χ1) is 10.6. The largest absolute Gasteiger partial charge is 0.353 e. The molecule has 5 nitrogen and oxygen atoms in total. The first kappa shape index (κ1) is 14.1. The highest BCUT2D eigenvalue weighted by molar-refractivity contribution is 7.09. The van der Waals surface area contributed by atoms with E-state index in [1.807, 2.05) is 13.8 Å². The summed E-state index contributed by atoms with van der Waals surface area (Å²) >= 11 is 1.74. The fraction of sp³-hybridized carbons (Fsp3) is 0.562. The van der Waals surface area contributed by atoms with E-state index in [-0.39, 0.29) is 0 Å². The van der Waals surface area contributed by atoms with Crippen LogP contribution in [0.4, 0.5) is 5.82 Å². The zero-order valence-electron chi connectivity index (χ0n) is 13.3. The molecule has 2 atom stereocenters. The molecule has 6 heteroatoms. The molecule has 3 saturated heterocycles. The van der Waals surface area contributed by atoms with Crippen LogP contribution in [0.5, 0.6) is 0 Å². The van der Waals surface area contributed by atoms with Gasteiger partial charge in [0.15, 0.2) is 0 Å². The van der Waals surface area contributed by atoms with Crippen LogP contribution in [0.1, 0.15) is 28.6 Å². The van der Waals surface area contributed by atoms with Gasteiger partial charge in [-0.15, -0.1) is 11.3 Å². The Hall–Kier alpha value is -1.53. The number of rotatable bonds is 3. The molecule has 2 bridgehead atoms. The molecule has 3 aliphatic rings. The predicted molar refractivity (Wildman–Crippen MR) is 88.3 cm³/mol. The highest BCUT2D eigenvalue weighted by atomic mass is 32.1. The van der Waals surface area contributed by atoms with Crippen molar-refractivity contribution in [3.8, 4) is 0 Å². The number of piperidine rings is 1. The van der Waals surface area contributed by atoms with Gasteiger partial charge in [-0.1, -0.05) is 0 Å². The van der Waals surface area contributed by atoms with Crippen molar-refractivity contribution >= 4 is 17.2 Å². The predicted octanol–water partition coefficient (Wildman–Crippen LogP) is 2.32. The van der Waals surface area contributed by atoms with Gasteiger partial charge in [-0.05, 0) is 27.2 Å². The summed E-state index contributed by atoms with van der Waals surface area (Å²) in [4.78, 5) is 18.6. The maximum Gasteiger partial charge on any atom is 0.132 e. The van der Waals surface area contributed by atoms with Crippen molar-refractivity contribution < 1.29 is 0 Å². The summed E-state index contributed by atoms with van der Waals surface area (Å²) < 4.78 is 0. The lowest BCUT2D eigenvalue weighted by molar-refractivity contribution is -0.00958. The molecule has 0 radical (unpaired) electrons. The molecule has 5 rings (SSSR count). The molecule has 3 fully saturated rings. The van der Waals surface area contributed by atoms with Gasteiger partial charge in [-0.2, -0.15) is 0 Å². The van der Waals surface area contributed by atoms with Gasteiger partial charge in [0.1, 0.15) is 11.6 Å². The first-order valence-electron chi connectivity index (χ1n) is 7.82. The van der Waals surface area contributed by atoms with Crippen molar-refractivity contribution in [1.29, 1.82) is 0 Å². The molecule has 116 valence electrons. The molecule has 2 aromatic rings. The summed E-state index contributed by atoms with van der Waals surface area (Å²) in [5, 5.41) is 3.35. The number of thiazole rings is 1. The van der Waals surface area contributed by atoms with Gasteiger partial charge in [0.25, 0.3) is 0 Å². The Kier molecular flexibility index (Phi) is 3.38. The summed E-state index contributed by atoms with van der Waals surface area (Å²) in [7, 11) is 0. The van der Waals surface area contributed by atoms with Gasteiger partial charge in [-0.3, -0.25) is 4.90 Å². The standard InChI is InChI=1S/C16H21N5S/c1-10-4-16(18-11(2)17-10)20-7-14-5-15(8-20)21(14)6-13-9-22-12(3)19-13/h4,9,14-15H,5-8H2,1-3H3. The highest BCUT2D eigenvalue weighted by Gasteiger charge is 2.44. The van der Waals surface area contributed by atoms with Gasteiger partial charge < -0.3 is 4.90 Å². The Bertz CT molecular complexity index is 665. The fourth-order valence-electron chi connectivity index (χ4n) is 3.66. The minimum Gasteiger partial charge on any atom is -0.353 e. The molecule has 22 heavy (non-hydrogen) atoms. The van der Waals surface area contributed by atoms with Crippen LogP contribution in [0.15, 0.2) is 11.4 Å². The second-order valence-corrected chi connectivity index (χ2v) is 7.46. The van der Waals surface area contributed by atoms with Crippen molar-refractivity contribution in [2.75, 3.05) is 18.0 Å². The summed E-state index contributed by atoms with van der Waals surface area (Å²) in [6.45, 7) is 9.21. The number of aromatic nitrogens is 3. The topological polar surface area (TPSA) is 45.2 Å². The lowest BCUT2D eigenvalue weighted by Gasteiger charge is -2.56. The van der Waals surface area contributed by atoms with E-state index in [1.165, 1.54) is 12.1 Å². The molecule has 0 amide bonds. The van der Waals surface area contributed by atoms with Crippen LogP contribution in [0.2, 0.25) is 0 Å². The van der Waals surface area contributed by atoms with E-state index in [2.05, 4.69) is 43.1 Å². The van der Waals surface area contributed by atoms with Crippen LogP contribution in [0.3, 0.4) is 0 Å². The molecule has 0 aromatic carbocycles. The maximum absolute atomic E-state index is 4.61. The minimum absolute atomic E-state index is 0.635. The quantitative estimate of drug-likeness (QED) is 0.870. The van der Waals surface area contributed by atoms with Crippen LogP contribution in [-0.2, 0) is 6.54 Å². The number of nitrogens with zero attached hydrogens (tertiary/aromatic N) is 5. The average molecular weight is 315 g/mol. The van der Waals surface area contributed by atoms with E-state index < -0.39 is 0 Å². The summed E-state index contributed by atoms with van der Waals surface area (Å²) in [5.74, 6) is 1.95. The second-order valence-electron chi connectivity index (χ2n) is 6.39. The van der Waals surface area contributed by atoms with Crippen LogP contribution in [0, 0.1) is 20.8 Å². The molecular weight excluding hydrogens is 294 g/mol. The molecule has 2 aromatic heterocycles. The molecule has 2 unspecified atom stereocenters. The van der Waals surface area contributed by atoms with Crippen molar-refractivity contribution in [3.05, 3.63) is 33.7 Å². The van der Waals surface area contributed by atoms with Crippen LogP contribution in [-0.4, -0.2) is 45.0 Å². The third kappa shape index (κ3) is 2.50. The van der Waals surface area contributed by atoms with Crippen molar-refractivity contribution in [2.45, 2.75) is 45.8 Å². The second kappa shape index (κ2) is 5.28. The smallest absolute Gasteiger partial charge is 0.132 e. The van der Waals surface area contributed by atoms with Crippen LogP contribution < -0.4 is 4.90 Å². The van der Waals surface area contributed by atoms with Crippen molar-refractivity contribution in [3.63, 3.8) is 0 Å². The lowest BCUT2D eigenvalue weighted by Crippen LogP contribution is -2.68. The Morgan fingerprint density at radius 2 is 1.91 bits per heavy atom. The van der Waals surface area contributed by atoms with Gasteiger partial charge in [-0.25, -0.2) is 15.0 Å². The Morgan fingerprint density at radius 3 is 2.55 bits per heavy atom. The highest BCUT2D eigenvalue weighted by Crippen LogP contribution is 2.35. The van der Waals surface area contributed by atoms with Gasteiger partial charge in [0, 0.05) is 48.9 Å². The zero-order valence-corrected chi connectivity index (χ0v) is 14.1. The van der Waals surface area contributed by atoms with Crippen molar-refractivity contribution in [2.24, 2.45) is 0 Å². The van der Waals surface area contributed by atoms with E-state index in [4.69, 9.17) is 0 Å². The Labute approximate surface area is 135 Å². The van der Waals surface area contributed by atoms with Gasteiger partial charge >= 0.3 is 0 Å². The number of aryl methyl sites for hydroxylation is 3. The number of anilines is 1. The summed E-state index contributed by atoms with van der Waals surface area (Å²) in [6, 6.07) is 3.37. The lowest BCUT2D eigenvalue weighted by atomic mass is 9.87. The van der Waals surface area contributed by atoms with Crippen LogP contribution >= 0.6 is 11.3 Å². The monoisotopic (exact) mass is 315 g/mol. The van der Waals surface area contributed by atoms with E-state index >= 15 is 0 Å². The van der Waals surface area contributed by atoms with E-state index in [0.717, 1.165) is 42.0 Å². The number of fused-ring (bicyclic) bond motifs is 2. The van der Waals surface area contributed by atoms with E-state index in [1.54, 1.807) is 11.3 Å². The molecule has 0 N–H and O–H groups in total. The minimum atomic E-state index is 0.635. The summed E-state index contributed by atoms with van der Waals surface area (Å²) in [6.07, 6.45) is 1.31. The molecular formula is C16H21N5S. The molecule has 0 aliphatic carbocycles.